The monoisotopic (exact) mass is 428 g/mol. The van der Waals surface area contributed by atoms with Crippen molar-refractivity contribution < 1.29 is 19.2 Å². The number of anilines is 1. The predicted molar refractivity (Wildman–Crippen MR) is 104 cm³/mol. The fourth-order valence-electron chi connectivity index (χ4n) is 2.52. The van der Waals surface area contributed by atoms with Gasteiger partial charge in [0.25, 0.3) is 11.6 Å². The highest BCUT2D eigenvalue weighted by atomic mass is 79.9. The standard InChI is InChI=1S/C19H13BrN2O5/c20-16-10-13(22(25)26)8-9-17(16)21-18(23)11-27-19(24)15-7-3-5-12-4-1-2-6-14(12)15/h1-10H,11H2,(H,21,23). The molecule has 0 unspecified atom stereocenters. The van der Waals surface area contributed by atoms with E-state index in [0.717, 1.165) is 10.8 Å². The van der Waals surface area contributed by atoms with Crippen LogP contribution in [0.25, 0.3) is 10.8 Å². The maximum absolute atomic E-state index is 12.3. The summed E-state index contributed by atoms with van der Waals surface area (Å²) in [4.78, 5) is 34.5. The van der Waals surface area contributed by atoms with E-state index in [9.17, 15) is 19.7 Å². The lowest BCUT2D eigenvalue weighted by molar-refractivity contribution is -0.384. The highest BCUT2D eigenvalue weighted by Crippen LogP contribution is 2.27. The van der Waals surface area contributed by atoms with Crippen molar-refractivity contribution in [2.45, 2.75) is 0 Å². The van der Waals surface area contributed by atoms with Crippen molar-refractivity contribution >= 4 is 50.0 Å². The average molecular weight is 429 g/mol. The molecule has 8 heteroatoms. The highest BCUT2D eigenvalue weighted by molar-refractivity contribution is 9.10. The zero-order chi connectivity index (χ0) is 19.4. The number of ether oxygens (including phenoxy) is 1. The molecule has 0 spiro atoms. The molecule has 3 rings (SSSR count). The van der Waals surface area contributed by atoms with Crippen LogP contribution in [0.3, 0.4) is 0 Å². The number of rotatable bonds is 5. The minimum Gasteiger partial charge on any atom is -0.452 e. The van der Waals surface area contributed by atoms with Gasteiger partial charge in [-0.2, -0.15) is 0 Å². The van der Waals surface area contributed by atoms with Gasteiger partial charge in [-0.15, -0.1) is 0 Å². The van der Waals surface area contributed by atoms with E-state index in [0.29, 0.717) is 15.7 Å². The molecule has 1 N–H and O–H groups in total. The van der Waals surface area contributed by atoms with E-state index in [2.05, 4.69) is 21.2 Å². The zero-order valence-corrected chi connectivity index (χ0v) is 15.4. The third kappa shape index (κ3) is 4.29. The summed E-state index contributed by atoms with van der Waals surface area (Å²) in [6.07, 6.45) is 0. The second-order valence-electron chi connectivity index (χ2n) is 5.57. The number of hydrogen-bond acceptors (Lipinski definition) is 5. The number of nitro groups is 1. The maximum Gasteiger partial charge on any atom is 0.339 e. The Kier molecular flexibility index (Phi) is 5.46. The Morgan fingerprint density at radius 2 is 1.81 bits per heavy atom. The quantitative estimate of drug-likeness (QED) is 0.370. The van der Waals surface area contributed by atoms with Gasteiger partial charge in [-0.1, -0.05) is 36.4 Å². The number of halogens is 1. The van der Waals surface area contributed by atoms with E-state index in [-0.39, 0.29) is 5.69 Å². The normalized spacial score (nSPS) is 10.4. The minimum atomic E-state index is -0.607. The molecule has 27 heavy (non-hydrogen) atoms. The first-order chi connectivity index (χ1) is 13.0. The summed E-state index contributed by atoms with van der Waals surface area (Å²) in [6.45, 7) is -0.481. The Labute approximate surface area is 162 Å². The van der Waals surface area contributed by atoms with Crippen molar-refractivity contribution in [2.24, 2.45) is 0 Å². The molecule has 0 saturated carbocycles. The van der Waals surface area contributed by atoms with E-state index in [4.69, 9.17) is 4.74 Å². The number of carbonyl (C=O) groups excluding carboxylic acids is 2. The summed E-state index contributed by atoms with van der Waals surface area (Å²) in [5, 5.41) is 14.9. The molecule has 0 saturated heterocycles. The Morgan fingerprint density at radius 1 is 1.07 bits per heavy atom. The van der Waals surface area contributed by atoms with Crippen LogP contribution in [-0.4, -0.2) is 23.4 Å². The molecule has 0 radical (unpaired) electrons. The fraction of sp³-hybridized carbons (Fsp3) is 0.0526. The molecule has 136 valence electrons. The summed E-state index contributed by atoms with van der Waals surface area (Å²) >= 11 is 3.16. The molecule has 0 aliphatic heterocycles. The number of nitro benzene ring substituents is 1. The number of nitrogens with zero attached hydrogens (tertiary/aromatic N) is 1. The fourth-order valence-corrected chi connectivity index (χ4v) is 2.98. The largest absolute Gasteiger partial charge is 0.452 e. The third-order valence-corrected chi connectivity index (χ3v) is 4.44. The van der Waals surface area contributed by atoms with E-state index in [1.165, 1.54) is 18.2 Å². The molecule has 3 aromatic carbocycles. The number of esters is 1. The van der Waals surface area contributed by atoms with Crippen LogP contribution in [0.2, 0.25) is 0 Å². The average Bonchev–Trinajstić information content (AvgIpc) is 2.67. The number of fused-ring (bicyclic) bond motifs is 1. The summed E-state index contributed by atoms with van der Waals surface area (Å²) in [6, 6.07) is 16.6. The molecular formula is C19H13BrN2O5. The van der Waals surface area contributed by atoms with Crippen LogP contribution in [0.15, 0.2) is 65.1 Å². The van der Waals surface area contributed by atoms with Gasteiger partial charge in [0, 0.05) is 16.6 Å². The van der Waals surface area contributed by atoms with Crippen LogP contribution in [0.1, 0.15) is 10.4 Å². The van der Waals surface area contributed by atoms with Gasteiger partial charge in [0.2, 0.25) is 0 Å². The lowest BCUT2D eigenvalue weighted by atomic mass is 10.1. The van der Waals surface area contributed by atoms with Gasteiger partial charge in [-0.25, -0.2) is 4.79 Å². The SMILES string of the molecule is O=C(COC(=O)c1cccc2ccccc12)Nc1ccc([N+](=O)[O-])cc1Br. The Hall–Kier alpha value is -3.26. The molecule has 0 bridgehead atoms. The molecule has 1 amide bonds. The van der Waals surface area contributed by atoms with Crippen LogP contribution >= 0.6 is 15.9 Å². The lowest BCUT2D eigenvalue weighted by Gasteiger charge is -2.09. The van der Waals surface area contributed by atoms with Crippen LogP contribution in [0.5, 0.6) is 0 Å². The Bertz CT molecular complexity index is 1050. The van der Waals surface area contributed by atoms with Crippen LogP contribution < -0.4 is 5.32 Å². The van der Waals surface area contributed by atoms with E-state index >= 15 is 0 Å². The van der Waals surface area contributed by atoms with Gasteiger partial charge >= 0.3 is 5.97 Å². The van der Waals surface area contributed by atoms with Crippen molar-refractivity contribution in [1.82, 2.24) is 0 Å². The van der Waals surface area contributed by atoms with E-state index in [1.54, 1.807) is 18.2 Å². The number of non-ortho nitro benzene ring substituents is 1. The van der Waals surface area contributed by atoms with E-state index < -0.39 is 23.4 Å². The predicted octanol–water partition coefficient (Wildman–Crippen LogP) is 4.31. The van der Waals surface area contributed by atoms with Crippen molar-refractivity contribution in [2.75, 3.05) is 11.9 Å². The third-order valence-electron chi connectivity index (χ3n) is 3.78. The van der Waals surface area contributed by atoms with Crippen molar-refractivity contribution in [3.63, 3.8) is 0 Å². The number of benzene rings is 3. The molecule has 0 aromatic heterocycles. The molecule has 3 aromatic rings. The van der Waals surface area contributed by atoms with Gasteiger partial charge in [0.05, 0.1) is 16.2 Å². The Morgan fingerprint density at radius 3 is 2.56 bits per heavy atom. The van der Waals surface area contributed by atoms with Crippen LogP contribution in [0, 0.1) is 10.1 Å². The van der Waals surface area contributed by atoms with Crippen molar-refractivity contribution in [3.05, 3.63) is 80.8 Å². The zero-order valence-electron chi connectivity index (χ0n) is 13.8. The Balaban J connectivity index is 1.65. The summed E-state index contributed by atoms with van der Waals surface area (Å²) in [7, 11) is 0. The molecule has 0 atom stereocenters. The first-order valence-electron chi connectivity index (χ1n) is 7.84. The second-order valence-corrected chi connectivity index (χ2v) is 6.43. The summed E-state index contributed by atoms with van der Waals surface area (Å²) in [5.74, 6) is -1.16. The molecule has 0 aliphatic rings. The first-order valence-corrected chi connectivity index (χ1v) is 8.63. The second kappa shape index (κ2) is 7.96. The lowest BCUT2D eigenvalue weighted by Crippen LogP contribution is -2.21. The number of nitrogens with one attached hydrogen (secondary N) is 1. The van der Waals surface area contributed by atoms with Crippen LogP contribution in [0.4, 0.5) is 11.4 Å². The van der Waals surface area contributed by atoms with Crippen LogP contribution in [-0.2, 0) is 9.53 Å². The summed E-state index contributed by atoms with van der Waals surface area (Å²) in [5.41, 5.74) is 0.603. The van der Waals surface area contributed by atoms with E-state index in [1.807, 2.05) is 24.3 Å². The van der Waals surface area contributed by atoms with Crippen molar-refractivity contribution in [1.29, 1.82) is 0 Å². The van der Waals surface area contributed by atoms with Gasteiger partial charge in [0.15, 0.2) is 6.61 Å². The molecule has 0 aliphatic carbocycles. The van der Waals surface area contributed by atoms with Gasteiger partial charge < -0.3 is 10.1 Å². The first kappa shape index (κ1) is 18.5. The molecule has 7 nitrogen and oxygen atoms in total. The smallest absolute Gasteiger partial charge is 0.339 e. The summed E-state index contributed by atoms with van der Waals surface area (Å²) < 4.78 is 5.45. The highest BCUT2D eigenvalue weighted by Gasteiger charge is 2.15. The molecule has 0 heterocycles. The minimum absolute atomic E-state index is 0.109. The number of hydrogen-bond donors (Lipinski definition) is 1. The molecular weight excluding hydrogens is 416 g/mol. The van der Waals surface area contributed by atoms with Gasteiger partial charge in [-0.05, 0) is 38.8 Å². The maximum atomic E-state index is 12.3. The number of carbonyl (C=O) groups is 2. The molecule has 0 fully saturated rings. The van der Waals surface area contributed by atoms with Gasteiger partial charge in [0.1, 0.15) is 0 Å². The van der Waals surface area contributed by atoms with Crippen molar-refractivity contribution in [3.8, 4) is 0 Å². The topological polar surface area (TPSA) is 98.5 Å². The van der Waals surface area contributed by atoms with Gasteiger partial charge in [-0.3, -0.25) is 14.9 Å². The number of amides is 1.